The molecular formula is C16H11NO. The predicted octanol–water partition coefficient (Wildman–Crippen LogP) is 3.71. The number of carbonyl (C=O) groups excluding carboxylic acids is 1. The summed E-state index contributed by atoms with van der Waals surface area (Å²) in [6.45, 7) is 0. The van der Waals surface area contributed by atoms with E-state index in [0.29, 0.717) is 5.69 Å². The van der Waals surface area contributed by atoms with Crippen molar-refractivity contribution in [2.45, 2.75) is 0 Å². The van der Waals surface area contributed by atoms with Gasteiger partial charge in [0.2, 0.25) is 0 Å². The molecule has 0 spiro atoms. The maximum atomic E-state index is 10.6. The lowest BCUT2D eigenvalue weighted by molar-refractivity contribution is 0.111. The van der Waals surface area contributed by atoms with E-state index in [1.807, 2.05) is 24.3 Å². The standard InChI is InChI=1S/C16H11NO/c18-11-14-9-8-13(10-17-14)16-7-3-5-12-4-1-2-6-15(12)16/h1-11H. The molecule has 0 amide bonds. The van der Waals surface area contributed by atoms with Crippen LogP contribution in [0.2, 0.25) is 0 Å². The number of benzene rings is 2. The van der Waals surface area contributed by atoms with E-state index in [1.165, 1.54) is 10.8 Å². The van der Waals surface area contributed by atoms with Gasteiger partial charge in [-0.3, -0.25) is 9.78 Å². The molecule has 86 valence electrons. The van der Waals surface area contributed by atoms with Gasteiger partial charge in [0.1, 0.15) is 5.69 Å². The maximum absolute atomic E-state index is 10.6. The Balaban J connectivity index is 2.21. The minimum absolute atomic E-state index is 0.457. The first kappa shape index (κ1) is 10.7. The highest BCUT2D eigenvalue weighted by Gasteiger charge is 2.03. The second kappa shape index (κ2) is 4.41. The highest BCUT2D eigenvalue weighted by atomic mass is 16.1. The summed E-state index contributed by atoms with van der Waals surface area (Å²) in [5.41, 5.74) is 2.62. The fourth-order valence-corrected chi connectivity index (χ4v) is 2.11. The van der Waals surface area contributed by atoms with Gasteiger partial charge in [0, 0.05) is 11.8 Å². The van der Waals surface area contributed by atoms with Crippen molar-refractivity contribution in [3.8, 4) is 11.1 Å². The summed E-state index contributed by atoms with van der Waals surface area (Å²) < 4.78 is 0. The molecule has 0 atom stereocenters. The monoisotopic (exact) mass is 233 g/mol. The van der Waals surface area contributed by atoms with Crippen LogP contribution in [-0.4, -0.2) is 11.3 Å². The first-order valence-corrected chi connectivity index (χ1v) is 5.78. The van der Waals surface area contributed by atoms with Crippen molar-refractivity contribution < 1.29 is 4.79 Å². The van der Waals surface area contributed by atoms with Crippen LogP contribution in [0.4, 0.5) is 0 Å². The zero-order chi connectivity index (χ0) is 12.4. The topological polar surface area (TPSA) is 30.0 Å². The third-order valence-corrected chi connectivity index (χ3v) is 3.01. The first-order valence-electron chi connectivity index (χ1n) is 5.78. The van der Waals surface area contributed by atoms with Gasteiger partial charge in [0.05, 0.1) is 0 Å². The summed E-state index contributed by atoms with van der Waals surface area (Å²) >= 11 is 0. The first-order chi connectivity index (χ1) is 8.88. The number of fused-ring (bicyclic) bond motifs is 1. The van der Waals surface area contributed by atoms with Gasteiger partial charge in [-0.15, -0.1) is 0 Å². The van der Waals surface area contributed by atoms with Gasteiger partial charge in [-0.25, -0.2) is 0 Å². The molecule has 0 fully saturated rings. The van der Waals surface area contributed by atoms with Crippen LogP contribution < -0.4 is 0 Å². The van der Waals surface area contributed by atoms with Gasteiger partial charge >= 0.3 is 0 Å². The Morgan fingerprint density at radius 1 is 0.889 bits per heavy atom. The molecule has 0 radical (unpaired) electrons. The minimum Gasteiger partial charge on any atom is -0.296 e. The molecule has 18 heavy (non-hydrogen) atoms. The molecule has 0 saturated carbocycles. The van der Waals surface area contributed by atoms with Crippen LogP contribution in [-0.2, 0) is 0 Å². The second-order valence-electron chi connectivity index (χ2n) is 4.12. The molecule has 2 heteroatoms. The lowest BCUT2D eigenvalue weighted by Gasteiger charge is -2.06. The molecule has 3 aromatic rings. The van der Waals surface area contributed by atoms with Gasteiger partial charge in [-0.05, 0) is 22.4 Å². The fourth-order valence-electron chi connectivity index (χ4n) is 2.11. The van der Waals surface area contributed by atoms with E-state index >= 15 is 0 Å². The van der Waals surface area contributed by atoms with Crippen molar-refractivity contribution in [2.75, 3.05) is 0 Å². The third kappa shape index (κ3) is 1.78. The molecule has 0 aliphatic carbocycles. The highest BCUT2D eigenvalue weighted by Crippen LogP contribution is 2.27. The number of pyridine rings is 1. The van der Waals surface area contributed by atoms with E-state index in [1.54, 1.807) is 12.3 Å². The molecule has 2 aromatic carbocycles. The Bertz CT molecular complexity index is 696. The Morgan fingerprint density at radius 2 is 1.72 bits per heavy atom. The van der Waals surface area contributed by atoms with Gasteiger partial charge in [0.25, 0.3) is 0 Å². The van der Waals surface area contributed by atoms with E-state index in [2.05, 4.69) is 29.2 Å². The van der Waals surface area contributed by atoms with Crippen LogP contribution >= 0.6 is 0 Å². The summed E-state index contributed by atoms with van der Waals surface area (Å²) in [4.78, 5) is 14.7. The Kier molecular flexibility index (Phi) is 2.61. The number of aldehydes is 1. The number of carbonyl (C=O) groups is 1. The normalized spacial score (nSPS) is 10.4. The van der Waals surface area contributed by atoms with Crippen LogP contribution in [0.25, 0.3) is 21.9 Å². The van der Waals surface area contributed by atoms with E-state index < -0.39 is 0 Å². The molecule has 1 heterocycles. The quantitative estimate of drug-likeness (QED) is 0.631. The number of aromatic nitrogens is 1. The lowest BCUT2D eigenvalue weighted by Crippen LogP contribution is -1.87. The SMILES string of the molecule is O=Cc1ccc(-c2cccc3ccccc23)cn1. The van der Waals surface area contributed by atoms with Crippen LogP contribution in [0, 0.1) is 0 Å². The van der Waals surface area contributed by atoms with E-state index in [4.69, 9.17) is 0 Å². The van der Waals surface area contributed by atoms with Crippen molar-refractivity contribution in [1.29, 1.82) is 0 Å². The highest BCUT2D eigenvalue weighted by molar-refractivity contribution is 5.96. The second-order valence-corrected chi connectivity index (χ2v) is 4.12. The summed E-state index contributed by atoms with van der Waals surface area (Å²) in [7, 11) is 0. The molecule has 0 saturated heterocycles. The summed E-state index contributed by atoms with van der Waals surface area (Å²) in [6, 6.07) is 18.1. The maximum Gasteiger partial charge on any atom is 0.168 e. The fraction of sp³-hybridized carbons (Fsp3) is 0. The third-order valence-electron chi connectivity index (χ3n) is 3.01. The summed E-state index contributed by atoms with van der Waals surface area (Å²) in [5, 5.41) is 2.40. The van der Waals surface area contributed by atoms with Crippen LogP contribution in [0.3, 0.4) is 0 Å². The molecular weight excluding hydrogens is 222 g/mol. The van der Waals surface area contributed by atoms with Crippen molar-refractivity contribution in [3.63, 3.8) is 0 Å². The average molecular weight is 233 g/mol. The molecule has 2 nitrogen and oxygen atoms in total. The van der Waals surface area contributed by atoms with E-state index in [9.17, 15) is 4.79 Å². The van der Waals surface area contributed by atoms with Crippen molar-refractivity contribution >= 4 is 17.1 Å². The summed E-state index contributed by atoms with van der Waals surface area (Å²) in [6.07, 6.45) is 2.50. The number of nitrogens with zero attached hydrogens (tertiary/aromatic N) is 1. The van der Waals surface area contributed by atoms with Crippen LogP contribution in [0.15, 0.2) is 60.8 Å². The van der Waals surface area contributed by atoms with E-state index in [-0.39, 0.29) is 0 Å². The number of rotatable bonds is 2. The van der Waals surface area contributed by atoms with Crippen molar-refractivity contribution in [3.05, 3.63) is 66.5 Å². The molecule has 0 aliphatic rings. The summed E-state index contributed by atoms with van der Waals surface area (Å²) in [5.74, 6) is 0. The Hall–Kier alpha value is -2.48. The largest absolute Gasteiger partial charge is 0.296 e. The molecule has 0 unspecified atom stereocenters. The number of hydrogen-bond acceptors (Lipinski definition) is 2. The zero-order valence-electron chi connectivity index (χ0n) is 9.71. The predicted molar refractivity (Wildman–Crippen MR) is 72.6 cm³/mol. The van der Waals surface area contributed by atoms with Gasteiger partial charge in [0.15, 0.2) is 6.29 Å². The van der Waals surface area contributed by atoms with Crippen molar-refractivity contribution in [1.82, 2.24) is 4.98 Å². The van der Waals surface area contributed by atoms with Gasteiger partial charge in [-0.2, -0.15) is 0 Å². The molecule has 0 aliphatic heterocycles. The Morgan fingerprint density at radius 3 is 2.50 bits per heavy atom. The molecule has 0 N–H and O–H groups in total. The number of hydrogen-bond donors (Lipinski definition) is 0. The minimum atomic E-state index is 0.457. The Labute approximate surface area is 105 Å². The van der Waals surface area contributed by atoms with Gasteiger partial charge < -0.3 is 0 Å². The lowest BCUT2D eigenvalue weighted by atomic mass is 9.99. The smallest absolute Gasteiger partial charge is 0.168 e. The van der Waals surface area contributed by atoms with Crippen molar-refractivity contribution in [2.24, 2.45) is 0 Å². The van der Waals surface area contributed by atoms with Crippen LogP contribution in [0.1, 0.15) is 10.5 Å². The van der Waals surface area contributed by atoms with E-state index in [0.717, 1.165) is 17.4 Å². The molecule has 1 aromatic heterocycles. The zero-order valence-corrected chi connectivity index (χ0v) is 9.71. The molecule has 3 rings (SSSR count). The molecule has 0 bridgehead atoms. The van der Waals surface area contributed by atoms with Crippen LogP contribution in [0.5, 0.6) is 0 Å². The van der Waals surface area contributed by atoms with Gasteiger partial charge in [-0.1, -0.05) is 48.5 Å². The average Bonchev–Trinajstić information content (AvgIpc) is 2.47.